The van der Waals surface area contributed by atoms with E-state index in [1.165, 1.54) is 7.11 Å². The van der Waals surface area contributed by atoms with E-state index in [9.17, 15) is 8.78 Å². The van der Waals surface area contributed by atoms with Crippen LogP contribution < -0.4 is 16.0 Å². The summed E-state index contributed by atoms with van der Waals surface area (Å²) in [4.78, 5) is 0. The van der Waals surface area contributed by atoms with Crippen LogP contribution >= 0.6 is 0 Å². The Bertz CT molecular complexity index is 331. The summed E-state index contributed by atoms with van der Waals surface area (Å²) in [5.74, 6) is 5.72. The first-order chi connectivity index (χ1) is 7.10. The quantitative estimate of drug-likeness (QED) is 0.595. The second-order valence-corrected chi connectivity index (χ2v) is 3.20. The van der Waals surface area contributed by atoms with Crippen molar-refractivity contribution in [3.8, 4) is 5.75 Å². The minimum absolute atomic E-state index is 0.480. The molecule has 0 radical (unpaired) electrons. The standard InChI is InChI=1S/C10H14F2N2O/c1-6-5-7(15-2)3-4-8(6)9(14-13)10(11)12/h3-5,9-10,14H,13H2,1-2H3. The fourth-order valence-electron chi connectivity index (χ4n) is 1.42. The number of nitrogens with one attached hydrogen (secondary N) is 1. The summed E-state index contributed by atoms with van der Waals surface area (Å²) >= 11 is 0. The summed E-state index contributed by atoms with van der Waals surface area (Å²) in [5, 5.41) is 0. The zero-order valence-electron chi connectivity index (χ0n) is 8.63. The van der Waals surface area contributed by atoms with Crippen LogP contribution in [0.3, 0.4) is 0 Å². The predicted octanol–water partition coefficient (Wildman–Crippen LogP) is 1.77. The Balaban J connectivity index is 3.03. The zero-order valence-corrected chi connectivity index (χ0v) is 8.63. The summed E-state index contributed by atoms with van der Waals surface area (Å²) in [6.07, 6.45) is -2.54. The van der Waals surface area contributed by atoms with Crippen molar-refractivity contribution < 1.29 is 13.5 Å². The molecule has 0 amide bonds. The largest absolute Gasteiger partial charge is 0.497 e. The van der Waals surface area contributed by atoms with E-state index in [1.807, 2.05) is 0 Å². The van der Waals surface area contributed by atoms with Gasteiger partial charge in [0.2, 0.25) is 0 Å². The Kier molecular flexibility index (Phi) is 3.99. The zero-order chi connectivity index (χ0) is 11.4. The van der Waals surface area contributed by atoms with Crippen LogP contribution in [0.15, 0.2) is 18.2 Å². The smallest absolute Gasteiger partial charge is 0.259 e. The highest BCUT2D eigenvalue weighted by Crippen LogP contribution is 2.25. The number of hydrogen-bond acceptors (Lipinski definition) is 3. The molecule has 3 nitrogen and oxygen atoms in total. The SMILES string of the molecule is COc1ccc(C(NN)C(F)F)c(C)c1. The fourth-order valence-corrected chi connectivity index (χ4v) is 1.42. The van der Waals surface area contributed by atoms with Gasteiger partial charge in [0.25, 0.3) is 6.43 Å². The highest BCUT2D eigenvalue weighted by molar-refractivity contribution is 5.36. The third-order valence-electron chi connectivity index (χ3n) is 2.24. The van der Waals surface area contributed by atoms with Crippen LogP contribution in [0.5, 0.6) is 5.75 Å². The first kappa shape index (κ1) is 11.9. The number of rotatable bonds is 4. The third kappa shape index (κ3) is 2.64. The van der Waals surface area contributed by atoms with Gasteiger partial charge >= 0.3 is 0 Å². The lowest BCUT2D eigenvalue weighted by Crippen LogP contribution is -2.33. The Hall–Kier alpha value is -1.20. The van der Waals surface area contributed by atoms with Gasteiger partial charge in [-0.2, -0.15) is 0 Å². The molecule has 0 heterocycles. The fraction of sp³-hybridized carbons (Fsp3) is 0.400. The average molecular weight is 216 g/mol. The molecule has 1 unspecified atom stereocenters. The van der Waals surface area contributed by atoms with Crippen molar-refractivity contribution >= 4 is 0 Å². The van der Waals surface area contributed by atoms with Crippen molar-refractivity contribution in [3.05, 3.63) is 29.3 Å². The molecule has 1 rings (SSSR count). The molecule has 0 aromatic heterocycles. The van der Waals surface area contributed by atoms with Gasteiger partial charge in [0.15, 0.2) is 0 Å². The molecule has 15 heavy (non-hydrogen) atoms. The molecule has 0 aliphatic heterocycles. The topological polar surface area (TPSA) is 47.3 Å². The highest BCUT2D eigenvalue weighted by atomic mass is 19.3. The summed E-state index contributed by atoms with van der Waals surface area (Å²) in [5.41, 5.74) is 3.31. The number of ether oxygens (including phenoxy) is 1. The van der Waals surface area contributed by atoms with Crippen molar-refractivity contribution in [2.24, 2.45) is 5.84 Å². The number of nitrogens with two attached hydrogens (primary N) is 1. The van der Waals surface area contributed by atoms with E-state index in [0.29, 0.717) is 11.3 Å². The molecule has 0 aliphatic rings. The van der Waals surface area contributed by atoms with E-state index in [0.717, 1.165) is 5.56 Å². The number of hydrazine groups is 1. The Morgan fingerprint density at radius 2 is 2.07 bits per heavy atom. The molecule has 3 N–H and O–H groups in total. The first-order valence-electron chi connectivity index (χ1n) is 4.49. The number of benzene rings is 1. The van der Waals surface area contributed by atoms with Gasteiger partial charge in [0.1, 0.15) is 11.8 Å². The second kappa shape index (κ2) is 5.04. The van der Waals surface area contributed by atoms with Gasteiger partial charge in [-0.05, 0) is 30.2 Å². The van der Waals surface area contributed by atoms with Crippen molar-refractivity contribution in [1.29, 1.82) is 0 Å². The van der Waals surface area contributed by atoms with Gasteiger partial charge in [-0.15, -0.1) is 0 Å². The molecule has 0 bridgehead atoms. The number of hydrogen-bond donors (Lipinski definition) is 2. The van der Waals surface area contributed by atoms with Crippen LogP contribution in [-0.4, -0.2) is 13.5 Å². The molecule has 5 heteroatoms. The van der Waals surface area contributed by atoms with Gasteiger partial charge < -0.3 is 4.74 Å². The van der Waals surface area contributed by atoms with Crippen LogP contribution in [0.4, 0.5) is 8.78 Å². The van der Waals surface area contributed by atoms with Crippen LogP contribution in [0.2, 0.25) is 0 Å². The van der Waals surface area contributed by atoms with Gasteiger partial charge in [0.05, 0.1) is 7.11 Å². The number of methoxy groups -OCH3 is 1. The maximum Gasteiger partial charge on any atom is 0.259 e. The highest BCUT2D eigenvalue weighted by Gasteiger charge is 2.22. The van der Waals surface area contributed by atoms with E-state index in [-0.39, 0.29) is 0 Å². The van der Waals surface area contributed by atoms with Crippen LogP contribution in [0.25, 0.3) is 0 Å². The molecule has 0 spiro atoms. The van der Waals surface area contributed by atoms with Crippen LogP contribution in [0, 0.1) is 6.92 Å². The summed E-state index contributed by atoms with van der Waals surface area (Å²) in [6.45, 7) is 1.74. The van der Waals surface area contributed by atoms with Crippen molar-refractivity contribution in [2.75, 3.05) is 7.11 Å². The Morgan fingerprint density at radius 1 is 1.40 bits per heavy atom. The molecule has 0 saturated carbocycles. The summed E-state index contributed by atoms with van der Waals surface area (Å²) < 4.78 is 30.1. The lowest BCUT2D eigenvalue weighted by atomic mass is 10.0. The van der Waals surface area contributed by atoms with Crippen molar-refractivity contribution in [3.63, 3.8) is 0 Å². The molecular formula is C10H14F2N2O. The van der Waals surface area contributed by atoms with E-state index < -0.39 is 12.5 Å². The Morgan fingerprint density at radius 3 is 2.47 bits per heavy atom. The minimum atomic E-state index is -2.54. The van der Waals surface area contributed by atoms with Crippen LogP contribution in [0.1, 0.15) is 17.2 Å². The number of aryl methyl sites for hydroxylation is 1. The maximum atomic E-state index is 12.6. The normalized spacial score (nSPS) is 12.9. The number of alkyl halides is 2. The maximum absolute atomic E-state index is 12.6. The first-order valence-corrected chi connectivity index (χ1v) is 4.49. The summed E-state index contributed by atoms with van der Waals surface area (Å²) in [7, 11) is 1.53. The van der Waals surface area contributed by atoms with Gasteiger partial charge in [-0.1, -0.05) is 6.07 Å². The molecule has 0 saturated heterocycles. The molecule has 0 fully saturated rings. The number of halogens is 2. The molecular weight excluding hydrogens is 202 g/mol. The second-order valence-electron chi connectivity index (χ2n) is 3.20. The lowest BCUT2D eigenvalue weighted by molar-refractivity contribution is 0.0983. The summed E-state index contributed by atoms with van der Waals surface area (Å²) in [6, 6.07) is 3.78. The Labute approximate surface area is 87.2 Å². The molecule has 84 valence electrons. The monoisotopic (exact) mass is 216 g/mol. The van der Waals surface area contributed by atoms with Crippen molar-refractivity contribution in [2.45, 2.75) is 19.4 Å². The third-order valence-corrected chi connectivity index (χ3v) is 2.24. The van der Waals surface area contributed by atoms with Gasteiger partial charge in [0, 0.05) is 0 Å². The van der Waals surface area contributed by atoms with E-state index in [1.54, 1.807) is 25.1 Å². The molecule has 0 aliphatic carbocycles. The molecule has 1 atom stereocenters. The van der Waals surface area contributed by atoms with Gasteiger partial charge in [-0.25, -0.2) is 14.2 Å². The molecule has 1 aromatic rings. The van der Waals surface area contributed by atoms with Gasteiger partial charge in [-0.3, -0.25) is 5.84 Å². The predicted molar refractivity (Wildman–Crippen MR) is 53.8 cm³/mol. The van der Waals surface area contributed by atoms with E-state index in [4.69, 9.17) is 10.6 Å². The van der Waals surface area contributed by atoms with Crippen LogP contribution in [-0.2, 0) is 0 Å². The van der Waals surface area contributed by atoms with E-state index >= 15 is 0 Å². The van der Waals surface area contributed by atoms with Crippen molar-refractivity contribution in [1.82, 2.24) is 5.43 Å². The molecule has 1 aromatic carbocycles. The minimum Gasteiger partial charge on any atom is -0.497 e. The average Bonchev–Trinajstić information content (AvgIpc) is 2.20. The lowest BCUT2D eigenvalue weighted by Gasteiger charge is -2.17. The van der Waals surface area contributed by atoms with E-state index in [2.05, 4.69) is 5.43 Å².